The van der Waals surface area contributed by atoms with Gasteiger partial charge in [-0.15, -0.1) is 11.3 Å². The number of hydrogen-bond donors (Lipinski definition) is 1. The average Bonchev–Trinajstić information content (AvgIpc) is 2.86. The molecular formula is C14H18N2S. The number of rotatable bonds is 2. The molecule has 3 heteroatoms. The van der Waals surface area contributed by atoms with E-state index in [1.165, 1.54) is 28.1 Å². The lowest BCUT2D eigenvalue weighted by Crippen LogP contribution is -2.38. The lowest BCUT2D eigenvalue weighted by atomic mass is 9.95. The van der Waals surface area contributed by atoms with Gasteiger partial charge in [0.25, 0.3) is 0 Å². The molecule has 0 unspecified atom stereocenters. The second-order valence-corrected chi connectivity index (χ2v) is 6.39. The van der Waals surface area contributed by atoms with E-state index >= 15 is 0 Å². The van der Waals surface area contributed by atoms with Crippen molar-refractivity contribution in [1.29, 1.82) is 0 Å². The van der Waals surface area contributed by atoms with Crippen LogP contribution in [0.2, 0.25) is 0 Å². The number of aromatic nitrogens is 1. The lowest BCUT2D eigenvalue weighted by Gasteiger charge is -2.21. The molecule has 0 atom stereocenters. The van der Waals surface area contributed by atoms with E-state index in [0.717, 1.165) is 24.8 Å². The first-order valence-electron chi connectivity index (χ1n) is 6.30. The van der Waals surface area contributed by atoms with Crippen LogP contribution in [0, 0.1) is 6.92 Å². The summed E-state index contributed by atoms with van der Waals surface area (Å²) in [5.74, 6) is 0. The third kappa shape index (κ3) is 2.09. The number of para-hydroxylation sites is 1. The highest BCUT2D eigenvalue weighted by atomic mass is 32.1. The van der Waals surface area contributed by atoms with E-state index in [4.69, 9.17) is 10.7 Å². The van der Waals surface area contributed by atoms with Gasteiger partial charge in [-0.1, -0.05) is 25.0 Å². The molecule has 1 aromatic heterocycles. The van der Waals surface area contributed by atoms with Gasteiger partial charge in [-0.3, -0.25) is 0 Å². The van der Waals surface area contributed by atoms with E-state index in [1.807, 2.05) is 0 Å². The van der Waals surface area contributed by atoms with Crippen molar-refractivity contribution in [3.05, 3.63) is 28.8 Å². The highest BCUT2D eigenvalue weighted by Gasteiger charge is 2.30. The summed E-state index contributed by atoms with van der Waals surface area (Å²) in [6.07, 6.45) is 5.82. The quantitative estimate of drug-likeness (QED) is 0.882. The topological polar surface area (TPSA) is 38.9 Å². The van der Waals surface area contributed by atoms with Crippen molar-refractivity contribution >= 4 is 21.6 Å². The predicted octanol–water partition coefficient (Wildman–Crippen LogP) is 3.42. The van der Waals surface area contributed by atoms with Crippen LogP contribution in [0.5, 0.6) is 0 Å². The molecule has 2 N–H and O–H groups in total. The van der Waals surface area contributed by atoms with Crippen LogP contribution in [-0.4, -0.2) is 10.5 Å². The lowest BCUT2D eigenvalue weighted by molar-refractivity contribution is 0.436. The van der Waals surface area contributed by atoms with Crippen LogP contribution in [0.1, 0.15) is 36.3 Å². The molecule has 0 saturated heterocycles. The highest BCUT2D eigenvalue weighted by molar-refractivity contribution is 7.18. The molecule has 90 valence electrons. The van der Waals surface area contributed by atoms with E-state index in [9.17, 15) is 0 Å². The third-order valence-electron chi connectivity index (χ3n) is 3.77. The maximum atomic E-state index is 6.42. The van der Waals surface area contributed by atoms with Crippen LogP contribution in [0.3, 0.4) is 0 Å². The fourth-order valence-electron chi connectivity index (χ4n) is 2.76. The minimum Gasteiger partial charge on any atom is -0.325 e. The normalized spacial score (nSPS) is 18.9. The van der Waals surface area contributed by atoms with Crippen LogP contribution in [0.4, 0.5) is 0 Å². The van der Waals surface area contributed by atoms with E-state index in [0.29, 0.717) is 0 Å². The number of benzene rings is 1. The Morgan fingerprint density at radius 1 is 1.35 bits per heavy atom. The Labute approximate surface area is 106 Å². The van der Waals surface area contributed by atoms with Crippen LogP contribution < -0.4 is 5.73 Å². The summed E-state index contributed by atoms with van der Waals surface area (Å²) in [7, 11) is 0. The molecule has 2 nitrogen and oxygen atoms in total. The predicted molar refractivity (Wildman–Crippen MR) is 73.4 cm³/mol. The average molecular weight is 246 g/mol. The van der Waals surface area contributed by atoms with Crippen molar-refractivity contribution in [1.82, 2.24) is 4.98 Å². The summed E-state index contributed by atoms with van der Waals surface area (Å²) < 4.78 is 1.29. The first kappa shape index (κ1) is 11.2. The standard InChI is InChI=1S/C14H18N2S/c1-10-5-4-6-11-13(10)16-12(17-11)9-14(15)7-2-3-8-14/h4-6H,2-3,7-9,15H2,1H3. The van der Waals surface area contributed by atoms with Gasteiger partial charge in [0.2, 0.25) is 0 Å². The number of nitrogens with two attached hydrogens (primary N) is 1. The van der Waals surface area contributed by atoms with Gasteiger partial charge in [0, 0.05) is 12.0 Å². The van der Waals surface area contributed by atoms with Gasteiger partial charge in [0.1, 0.15) is 0 Å². The molecule has 1 heterocycles. The van der Waals surface area contributed by atoms with Crippen molar-refractivity contribution in [2.24, 2.45) is 5.73 Å². The molecule has 1 aromatic carbocycles. The monoisotopic (exact) mass is 246 g/mol. The van der Waals surface area contributed by atoms with Gasteiger partial charge in [-0.2, -0.15) is 0 Å². The molecule has 0 spiro atoms. The zero-order chi connectivity index (χ0) is 11.9. The minimum absolute atomic E-state index is 0.0157. The Balaban J connectivity index is 1.93. The van der Waals surface area contributed by atoms with Crippen molar-refractivity contribution in [2.75, 3.05) is 0 Å². The van der Waals surface area contributed by atoms with E-state index < -0.39 is 0 Å². The fourth-order valence-corrected chi connectivity index (χ4v) is 3.97. The zero-order valence-corrected chi connectivity index (χ0v) is 11.0. The van der Waals surface area contributed by atoms with Gasteiger partial charge in [0.15, 0.2) is 0 Å². The van der Waals surface area contributed by atoms with Gasteiger partial charge in [-0.25, -0.2) is 4.98 Å². The van der Waals surface area contributed by atoms with Crippen LogP contribution in [0.15, 0.2) is 18.2 Å². The van der Waals surface area contributed by atoms with Crippen LogP contribution >= 0.6 is 11.3 Å². The van der Waals surface area contributed by atoms with E-state index in [1.54, 1.807) is 11.3 Å². The molecule has 0 bridgehead atoms. The maximum absolute atomic E-state index is 6.42. The Hall–Kier alpha value is -0.930. The Morgan fingerprint density at radius 3 is 2.82 bits per heavy atom. The first-order chi connectivity index (χ1) is 8.16. The summed E-state index contributed by atoms with van der Waals surface area (Å²) >= 11 is 1.81. The minimum atomic E-state index is 0.0157. The summed E-state index contributed by atoms with van der Waals surface area (Å²) in [5, 5.41) is 1.21. The molecule has 2 aromatic rings. The maximum Gasteiger partial charge on any atom is 0.0957 e. The van der Waals surface area contributed by atoms with E-state index in [-0.39, 0.29) is 5.54 Å². The SMILES string of the molecule is Cc1cccc2sc(CC3(N)CCCC3)nc12. The van der Waals surface area contributed by atoms with E-state index in [2.05, 4.69) is 25.1 Å². The number of aryl methyl sites for hydroxylation is 1. The second kappa shape index (κ2) is 4.07. The van der Waals surface area contributed by atoms with Gasteiger partial charge < -0.3 is 5.73 Å². The fraction of sp³-hybridized carbons (Fsp3) is 0.500. The number of hydrogen-bond acceptors (Lipinski definition) is 3. The summed E-state index contributed by atoms with van der Waals surface area (Å²) in [4.78, 5) is 4.76. The molecule has 17 heavy (non-hydrogen) atoms. The van der Waals surface area contributed by atoms with Crippen molar-refractivity contribution in [3.8, 4) is 0 Å². The molecule has 3 rings (SSSR count). The molecule has 1 saturated carbocycles. The Bertz CT molecular complexity index is 538. The van der Waals surface area contributed by atoms with Gasteiger partial charge in [-0.05, 0) is 31.4 Å². The summed E-state index contributed by atoms with van der Waals surface area (Å²) in [5.41, 5.74) is 8.86. The van der Waals surface area contributed by atoms with Gasteiger partial charge in [0.05, 0.1) is 15.2 Å². The van der Waals surface area contributed by atoms with Crippen molar-refractivity contribution in [2.45, 2.75) is 44.6 Å². The van der Waals surface area contributed by atoms with Crippen LogP contribution in [-0.2, 0) is 6.42 Å². The number of fused-ring (bicyclic) bond motifs is 1. The largest absolute Gasteiger partial charge is 0.325 e. The molecule has 1 aliphatic carbocycles. The smallest absolute Gasteiger partial charge is 0.0957 e. The second-order valence-electron chi connectivity index (χ2n) is 5.28. The summed E-state index contributed by atoms with van der Waals surface area (Å²) in [6, 6.07) is 6.38. The van der Waals surface area contributed by atoms with Crippen molar-refractivity contribution < 1.29 is 0 Å². The zero-order valence-electron chi connectivity index (χ0n) is 10.2. The molecule has 0 radical (unpaired) electrons. The molecule has 1 fully saturated rings. The number of thiazole rings is 1. The molecule has 1 aliphatic rings. The Morgan fingerprint density at radius 2 is 2.12 bits per heavy atom. The van der Waals surface area contributed by atoms with Crippen LogP contribution in [0.25, 0.3) is 10.2 Å². The molecular weight excluding hydrogens is 228 g/mol. The van der Waals surface area contributed by atoms with Gasteiger partial charge >= 0.3 is 0 Å². The molecule has 0 amide bonds. The highest BCUT2D eigenvalue weighted by Crippen LogP contribution is 2.33. The van der Waals surface area contributed by atoms with Crippen molar-refractivity contribution in [3.63, 3.8) is 0 Å². The Kier molecular flexibility index (Phi) is 2.68. The third-order valence-corrected chi connectivity index (χ3v) is 4.79. The summed E-state index contributed by atoms with van der Waals surface area (Å²) in [6.45, 7) is 2.12. The first-order valence-corrected chi connectivity index (χ1v) is 7.12. The number of nitrogens with zero attached hydrogens (tertiary/aromatic N) is 1. The molecule has 0 aliphatic heterocycles.